The van der Waals surface area contributed by atoms with Gasteiger partial charge in [-0.25, -0.2) is 0 Å². The number of aliphatic hydroxyl groups is 1. The molecule has 4 heteroatoms. The first kappa shape index (κ1) is 17.7. The number of aliphatic hydroxyl groups excluding tert-OH is 1. The highest BCUT2D eigenvalue weighted by Gasteiger charge is 2.53. The highest BCUT2D eigenvalue weighted by molar-refractivity contribution is 6.74. The van der Waals surface area contributed by atoms with E-state index in [1.54, 1.807) is 0 Å². The van der Waals surface area contributed by atoms with Crippen LogP contribution in [0.3, 0.4) is 0 Å². The van der Waals surface area contributed by atoms with Crippen LogP contribution in [0, 0.1) is 11.3 Å². The fourth-order valence-corrected chi connectivity index (χ4v) is 4.70. The van der Waals surface area contributed by atoms with Crippen LogP contribution in [0.5, 0.6) is 0 Å². The van der Waals surface area contributed by atoms with Gasteiger partial charge in [0.1, 0.15) is 6.10 Å². The van der Waals surface area contributed by atoms with Crippen molar-refractivity contribution in [3.8, 4) is 0 Å². The van der Waals surface area contributed by atoms with E-state index in [0.717, 1.165) is 25.0 Å². The van der Waals surface area contributed by atoms with E-state index in [9.17, 15) is 9.90 Å². The lowest BCUT2D eigenvalue weighted by Crippen LogP contribution is -2.43. The third-order valence-electron chi connectivity index (χ3n) is 6.29. The van der Waals surface area contributed by atoms with Gasteiger partial charge in [0.05, 0.1) is 5.76 Å². The molecule has 0 bridgehead atoms. The summed E-state index contributed by atoms with van der Waals surface area (Å²) >= 11 is 0. The Labute approximate surface area is 136 Å². The van der Waals surface area contributed by atoms with Crippen LogP contribution >= 0.6 is 0 Å². The van der Waals surface area contributed by atoms with Crippen LogP contribution in [0.15, 0.2) is 11.3 Å². The summed E-state index contributed by atoms with van der Waals surface area (Å²) < 4.78 is 6.63. The topological polar surface area (TPSA) is 46.5 Å². The van der Waals surface area contributed by atoms with Gasteiger partial charge in [-0.15, -0.1) is 0 Å². The van der Waals surface area contributed by atoms with Gasteiger partial charge in [0.15, 0.2) is 5.78 Å². The fourth-order valence-electron chi connectivity index (χ4n) is 3.52. The molecule has 0 aliphatic heterocycles. The maximum Gasteiger partial charge on any atom is 0.250 e. The van der Waals surface area contributed by atoms with Crippen LogP contribution in [0.4, 0.5) is 0 Å². The molecule has 22 heavy (non-hydrogen) atoms. The maximum atomic E-state index is 12.5. The Kier molecular flexibility index (Phi) is 4.42. The number of rotatable bonds is 3. The molecule has 0 heterocycles. The van der Waals surface area contributed by atoms with Crippen molar-refractivity contribution < 1.29 is 14.3 Å². The molecule has 1 N–H and O–H groups in total. The van der Waals surface area contributed by atoms with Crippen LogP contribution in [0.1, 0.15) is 60.3 Å². The molecule has 0 spiro atoms. The average Bonchev–Trinajstić information content (AvgIpc) is 2.86. The summed E-state index contributed by atoms with van der Waals surface area (Å²) in [5.74, 6) is 1.23. The first-order valence-corrected chi connectivity index (χ1v) is 11.4. The Morgan fingerprint density at radius 1 is 1.27 bits per heavy atom. The predicted octanol–water partition coefficient (Wildman–Crippen LogP) is 4.42. The van der Waals surface area contributed by atoms with Crippen molar-refractivity contribution in [3.63, 3.8) is 0 Å². The predicted molar refractivity (Wildman–Crippen MR) is 92.1 cm³/mol. The van der Waals surface area contributed by atoms with E-state index in [0.29, 0.717) is 6.42 Å². The van der Waals surface area contributed by atoms with Crippen molar-refractivity contribution in [2.24, 2.45) is 11.3 Å². The van der Waals surface area contributed by atoms with Crippen LogP contribution in [-0.4, -0.2) is 25.3 Å². The molecule has 0 aromatic carbocycles. The third-order valence-corrected chi connectivity index (χ3v) is 10.6. The standard InChI is InChI=1S/C18H32O3Si/c1-12-8-9-13(18(5)11-10-14(19)16(18)20)15(12)21-22(6,7)17(2,3)4/h13-14,19H,8-11H2,1-7H3/t13-,14-,18-/m1/s1. The van der Waals surface area contributed by atoms with E-state index in [1.807, 2.05) is 6.92 Å². The molecule has 2 rings (SSSR count). The zero-order valence-electron chi connectivity index (χ0n) is 15.2. The molecular weight excluding hydrogens is 292 g/mol. The minimum Gasteiger partial charge on any atom is -0.546 e. The van der Waals surface area contributed by atoms with Crippen molar-refractivity contribution in [2.45, 2.75) is 84.5 Å². The number of hydrogen-bond acceptors (Lipinski definition) is 3. The Hall–Kier alpha value is -0.613. The van der Waals surface area contributed by atoms with Gasteiger partial charge in [0, 0.05) is 11.3 Å². The summed E-state index contributed by atoms with van der Waals surface area (Å²) in [6.45, 7) is 15.4. The molecule has 1 saturated carbocycles. The summed E-state index contributed by atoms with van der Waals surface area (Å²) in [4.78, 5) is 12.5. The summed E-state index contributed by atoms with van der Waals surface area (Å²) in [7, 11) is -1.91. The molecule has 2 aliphatic carbocycles. The van der Waals surface area contributed by atoms with E-state index in [4.69, 9.17) is 4.43 Å². The largest absolute Gasteiger partial charge is 0.546 e. The van der Waals surface area contributed by atoms with Crippen LogP contribution < -0.4 is 0 Å². The molecule has 2 aliphatic rings. The minimum atomic E-state index is -1.91. The molecule has 3 nitrogen and oxygen atoms in total. The van der Waals surface area contributed by atoms with Gasteiger partial charge in [-0.05, 0) is 56.3 Å². The number of hydrogen-bond donors (Lipinski definition) is 1. The normalized spacial score (nSPS) is 33.7. The monoisotopic (exact) mass is 324 g/mol. The Morgan fingerprint density at radius 3 is 2.32 bits per heavy atom. The second-order valence-electron chi connectivity index (χ2n) is 8.93. The average molecular weight is 325 g/mol. The van der Waals surface area contributed by atoms with Crippen molar-refractivity contribution in [1.82, 2.24) is 0 Å². The first-order valence-electron chi connectivity index (χ1n) is 8.51. The van der Waals surface area contributed by atoms with Gasteiger partial charge in [-0.1, -0.05) is 27.7 Å². The quantitative estimate of drug-likeness (QED) is 0.782. The third kappa shape index (κ3) is 2.80. The number of carbonyl (C=O) groups excluding carboxylic acids is 1. The van der Waals surface area contributed by atoms with E-state index in [2.05, 4.69) is 40.8 Å². The Bertz CT molecular complexity index is 501. The Morgan fingerprint density at radius 2 is 1.86 bits per heavy atom. The number of Topliss-reactive ketones (excluding diaryl/α,β-unsaturated/α-hetero) is 1. The number of allylic oxidation sites excluding steroid dienone is 2. The van der Waals surface area contributed by atoms with Gasteiger partial charge < -0.3 is 9.53 Å². The molecule has 0 radical (unpaired) electrons. The van der Waals surface area contributed by atoms with E-state index in [-0.39, 0.29) is 16.7 Å². The lowest BCUT2D eigenvalue weighted by molar-refractivity contribution is -0.133. The smallest absolute Gasteiger partial charge is 0.250 e. The molecular formula is C18H32O3Si. The molecule has 0 unspecified atom stereocenters. The zero-order chi connectivity index (χ0) is 16.9. The lowest BCUT2D eigenvalue weighted by Gasteiger charge is -2.41. The van der Waals surface area contributed by atoms with Crippen molar-refractivity contribution >= 4 is 14.1 Å². The highest BCUT2D eigenvalue weighted by Crippen LogP contribution is 2.52. The molecule has 1 fully saturated rings. The number of carbonyl (C=O) groups is 1. The van der Waals surface area contributed by atoms with Gasteiger partial charge in [0.2, 0.25) is 8.32 Å². The van der Waals surface area contributed by atoms with Gasteiger partial charge in [-0.3, -0.25) is 4.79 Å². The van der Waals surface area contributed by atoms with E-state index < -0.39 is 19.8 Å². The zero-order valence-corrected chi connectivity index (χ0v) is 16.2. The summed E-state index contributed by atoms with van der Waals surface area (Å²) in [5.41, 5.74) is 0.847. The summed E-state index contributed by atoms with van der Waals surface area (Å²) in [6, 6.07) is 0. The first-order chi connectivity index (χ1) is 9.90. The van der Waals surface area contributed by atoms with Crippen LogP contribution in [0.2, 0.25) is 18.1 Å². The van der Waals surface area contributed by atoms with Crippen LogP contribution in [0.25, 0.3) is 0 Å². The summed E-state index contributed by atoms with van der Waals surface area (Å²) in [6.07, 6.45) is 2.58. The van der Waals surface area contributed by atoms with Gasteiger partial charge in [-0.2, -0.15) is 0 Å². The maximum absolute atomic E-state index is 12.5. The Balaban J connectivity index is 2.30. The van der Waals surface area contributed by atoms with Crippen molar-refractivity contribution in [2.75, 3.05) is 0 Å². The number of ketones is 1. The van der Waals surface area contributed by atoms with Crippen LogP contribution in [-0.2, 0) is 9.22 Å². The second kappa shape index (κ2) is 5.48. The van der Waals surface area contributed by atoms with Crippen molar-refractivity contribution in [1.29, 1.82) is 0 Å². The summed E-state index contributed by atoms with van der Waals surface area (Å²) in [5, 5.41) is 10.1. The molecule has 0 amide bonds. The van der Waals surface area contributed by atoms with Gasteiger partial charge in [0.25, 0.3) is 0 Å². The van der Waals surface area contributed by atoms with Crippen molar-refractivity contribution in [3.05, 3.63) is 11.3 Å². The van der Waals surface area contributed by atoms with E-state index in [1.165, 1.54) is 5.57 Å². The molecule has 126 valence electrons. The molecule has 0 saturated heterocycles. The minimum absolute atomic E-state index is 0.0172. The van der Waals surface area contributed by atoms with Gasteiger partial charge >= 0.3 is 0 Å². The fraction of sp³-hybridized carbons (Fsp3) is 0.833. The van der Waals surface area contributed by atoms with E-state index >= 15 is 0 Å². The molecule has 0 aromatic heterocycles. The lowest BCUT2D eigenvalue weighted by atomic mass is 9.73. The second-order valence-corrected chi connectivity index (χ2v) is 13.7. The molecule has 3 atom stereocenters. The molecule has 0 aromatic rings. The SMILES string of the molecule is CC1=C(O[Si](C)(C)C(C)(C)C)[C@H]([C@@]2(C)CC[C@@H](O)C2=O)CC1. The highest BCUT2D eigenvalue weighted by atomic mass is 28.4.